The van der Waals surface area contributed by atoms with E-state index in [0.29, 0.717) is 12.1 Å². The molecule has 4 nitrogen and oxygen atoms in total. The topological polar surface area (TPSA) is 57.2 Å². The number of primary amides is 1. The number of benzene rings is 4. The maximum atomic E-state index is 12.1. The summed E-state index contributed by atoms with van der Waals surface area (Å²) in [4.78, 5) is 12.1. The number of aromatic nitrogens is 1. The van der Waals surface area contributed by atoms with E-state index < -0.39 is 5.91 Å². The van der Waals surface area contributed by atoms with Gasteiger partial charge >= 0.3 is 0 Å². The summed E-state index contributed by atoms with van der Waals surface area (Å²) in [7, 11) is 0. The summed E-state index contributed by atoms with van der Waals surface area (Å²) in [6, 6.07) is 29.9. The van der Waals surface area contributed by atoms with Crippen molar-refractivity contribution in [3.05, 3.63) is 108 Å². The Morgan fingerprint density at radius 1 is 0.839 bits per heavy atom. The molecule has 152 valence electrons. The summed E-state index contributed by atoms with van der Waals surface area (Å²) in [6.07, 6.45) is 0. The number of hydrogen-bond donors (Lipinski definition) is 1. The molecule has 1 aromatic heterocycles. The van der Waals surface area contributed by atoms with Crippen LogP contribution in [0.15, 0.2) is 91.0 Å². The summed E-state index contributed by atoms with van der Waals surface area (Å²) < 4.78 is 8.16. The Bertz CT molecular complexity index is 1400. The number of carbonyl (C=O) groups is 1. The number of ether oxygens (including phenoxy) is 1. The lowest BCUT2D eigenvalue weighted by Gasteiger charge is -2.10. The molecule has 0 aliphatic rings. The standard InChI is InChI=1S/C27H22N2O2/c1-18-10-15-22-25(16-18)29(24-9-5-8-23(26(22)24)27(28)30)17-19-11-13-21(14-12-19)31-20-6-3-2-4-7-20/h2-16H,17H2,1H3,(H2,28,30). The molecular formula is C27H22N2O2. The first-order chi connectivity index (χ1) is 15.1. The van der Waals surface area contributed by atoms with Gasteiger partial charge in [-0.15, -0.1) is 0 Å². The molecule has 0 unspecified atom stereocenters. The van der Waals surface area contributed by atoms with Crippen molar-refractivity contribution in [2.45, 2.75) is 13.5 Å². The highest BCUT2D eigenvalue weighted by molar-refractivity contribution is 6.17. The summed E-state index contributed by atoms with van der Waals surface area (Å²) in [5.74, 6) is 1.20. The first kappa shape index (κ1) is 18.9. The van der Waals surface area contributed by atoms with Crippen molar-refractivity contribution in [2.75, 3.05) is 0 Å². The molecule has 31 heavy (non-hydrogen) atoms. The van der Waals surface area contributed by atoms with E-state index in [1.165, 1.54) is 5.56 Å². The molecule has 0 bridgehead atoms. The third-order valence-electron chi connectivity index (χ3n) is 5.56. The zero-order valence-corrected chi connectivity index (χ0v) is 17.2. The zero-order valence-electron chi connectivity index (χ0n) is 17.2. The maximum absolute atomic E-state index is 12.1. The predicted molar refractivity (Wildman–Crippen MR) is 125 cm³/mol. The van der Waals surface area contributed by atoms with Crippen LogP contribution in [0.3, 0.4) is 0 Å². The van der Waals surface area contributed by atoms with Crippen molar-refractivity contribution in [1.29, 1.82) is 0 Å². The molecular weight excluding hydrogens is 384 g/mol. The van der Waals surface area contributed by atoms with Gasteiger partial charge in [0.2, 0.25) is 5.91 Å². The molecule has 4 heteroatoms. The van der Waals surface area contributed by atoms with E-state index >= 15 is 0 Å². The number of para-hydroxylation sites is 1. The fourth-order valence-corrected chi connectivity index (χ4v) is 4.10. The third-order valence-corrected chi connectivity index (χ3v) is 5.56. The van der Waals surface area contributed by atoms with Crippen LogP contribution >= 0.6 is 0 Å². The van der Waals surface area contributed by atoms with Gasteiger partial charge in [-0.05, 0) is 60.5 Å². The van der Waals surface area contributed by atoms with Gasteiger partial charge in [0.1, 0.15) is 11.5 Å². The molecule has 0 fully saturated rings. The number of fused-ring (bicyclic) bond motifs is 3. The smallest absolute Gasteiger partial charge is 0.249 e. The number of carbonyl (C=O) groups excluding carboxylic acids is 1. The first-order valence-corrected chi connectivity index (χ1v) is 10.2. The summed E-state index contributed by atoms with van der Waals surface area (Å²) >= 11 is 0. The third kappa shape index (κ3) is 3.53. The predicted octanol–water partition coefficient (Wildman–Crippen LogP) is 6.04. The van der Waals surface area contributed by atoms with Crippen LogP contribution in [0.1, 0.15) is 21.5 Å². The molecule has 0 aliphatic heterocycles. The van der Waals surface area contributed by atoms with Crippen molar-refractivity contribution >= 4 is 27.7 Å². The maximum Gasteiger partial charge on any atom is 0.249 e. The average molecular weight is 406 g/mol. The fraction of sp³-hybridized carbons (Fsp3) is 0.0741. The van der Waals surface area contributed by atoms with Crippen LogP contribution < -0.4 is 10.5 Å². The lowest BCUT2D eigenvalue weighted by molar-refractivity contribution is 0.100. The Morgan fingerprint density at radius 3 is 2.32 bits per heavy atom. The van der Waals surface area contributed by atoms with Gasteiger partial charge in [-0.1, -0.05) is 48.5 Å². The Labute approximate surface area is 180 Å². The molecule has 4 aromatic carbocycles. The number of nitrogens with zero attached hydrogens (tertiary/aromatic N) is 1. The molecule has 5 aromatic rings. The Hall–Kier alpha value is -4.05. The monoisotopic (exact) mass is 406 g/mol. The molecule has 1 amide bonds. The van der Waals surface area contributed by atoms with E-state index in [1.54, 1.807) is 6.07 Å². The van der Waals surface area contributed by atoms with Crippen molar-refractivity contribution < 1.29 is 9.53 Å². The van der Waals surface area contributed by atoms with Gasteiger partial charge in [-0.25, -0.2) is 0 Å². The highest BCUT2D eigenvalue weighted by Crippen LogP contribution is 2.33. The second kappa shape index (κ2) is 7.65. The van der Waals surface area contributed by atoms with E-state index in [2.05, 4.69) is 41.8 Å². The molecule has 0 radical (unpaired) electrons. The minimum absolute atomic E-state index is 0.410. The van der Waals surface area contributed by atoms with Gasteiger partial charge in [0.15, 0.2) is 0 Å². The van der Waals surface area contributed by atoms with Gasteiger partial charge < -0.3 is 15.0 Å². The van der Waals surface area contributed by atoms with Gasteiger partial charge in [-0.3, -0.25) is 4.79 Å². The van der Waals surface area contributed by atoms with Crippen LogP contribution in [0.5, 0.6) is 11.5 Å². The van der Waals surface area contributed by atoms with Crippen LogP contribution in [0, 0.1) is 6.92 Å². The van der Waals surface area contributed by atoms with Gasteiger partial charge in [0.25, 0.3) is 0 Å². The zero-order chi connectivity index (χ0) is 21.4. The Balaban J connectivity index is 1.56. The summed E-state index contributed by atoms with van der Waals surface area (Å²) in [6.45, 7) is 2.75. The van der Waals surface area contributed by atoms with Crippen LogP contribution in [-0.4, -0.2) is 10.5 Å². The van der Waals surface area contributed by atoms with Crippen molar-refractivity contribution in [3.8, 4) is 11.5 Å². The van der Waals surface area contributed by atoms with Crippen molar-refractivity contribution in [2.24, 2.45) is 5.73 Å². The SMILES string of the molecule is Cc1ccc2c3c(C(N)=O)cccc3n(Cc3ccc(Oc4ccccc4)cc3)c2c1. The van der Waals surface area contributed by atoms with Crippen molar-refractivity contribution in [1.82, 2.24) is 4.57 Å². The largest absolute Gasteiger partial charge is 0.457 e. The van der Waals surface area contributed by atoms with Gasteiger partial charge in [-0.2, -0.15) is 0 Å². The minimum Gasteiger partial charge on any atom is -0.457 e. The molecule has 0 saturated carbocycles. The lowest BCUT2D eigenvalue weighted by Crippen LogP contribution is -2.11. The highest BCUT2D eigenvalue weighted by atomic mass is 16.5. The molecule has 0 aliphatic carbocycles. The normalized spacial score (nSPS) is 11.1. The summed E-state index contributed by atoms with van der Waals surface area (Å²) in [5.41, 5.74) is 10.6. The van der Waals surface area contributed by atoms with Crippen LogP contribution in [0.25, 0.3) is 21.8 Å². The molecule has 2 N–H and O–H groups in total. The fourth-order valence-electron chi connectivity index (χ4n) is 4.10. The average Bonchev–Trinajstić information content (AvgIpc) is 3.08. The van der Waals surface area contributed by atoms with E-state index in [0.717, 1.165) is 38.9 Å². The highest BCUT2D eigenvalue weighted by Gasteiger charge is 2.16. The first-order valence-electron chi connectivity index (χ1n) is 10.2. The van der Waals surface area contributed by atoms with Crippen LogP contribution in [-0.2, 0) is 6.54 Å². The number of aryl methyl sites for hydroxylation is 1. The number of rotatable bonds is 5. The van der Waals surface area contributed by atoms with Crippen LogP contribution in [0.4, 0.5) is 0 Å². The Kier molecular flexibility index (Phi) is 4.68. The Morgan fingerprint density at radius 2 is 1.58 bits per heavy atom. The van der Waals surface area contributed by atoms with E-state index in [1.807, 2.05) is 54.6 Å². The molecule has 0 saturated heterocycles. The van der Waals surface area contributed by atoms with E-state index in [-0.39, 0.29) is 0 Å². The second-order valence-electron chi connectivity index (χ2n) is 7.73. The number of nitrogens with two attached hydrogens (primary N) is 1. The molecule has 1 heterocycles. The summed E-state index contributed by atoms with van der Waals surface area (Å²) in [5, 5.41) is 1.95. The molecule has 0 spiro atoms. The number of hydrogen-bond acceptors (Lipinski definition) is 2. The van der Waals surface area contributed by atoms with E-state index in [9.17, 15) is 4.79 Å². The lowest BCUT2D eigenvalue weighted by atomic mass is 10.1. The van der Waals surface area contributed by atoms with Gasteiger partial charge in [0.05, 0.1) is 5.52 Å². The van der Waals surface area contributed by atoms with Crippen LogP contribution in [0.2, 0.25) is 0 Å². The number of amides is 1. The van der Waals surface area contributed by atoms with Gasteiger partial charge in [0, 0.05) is 28.4 Å². The minimum atomic E-state index is -0.410. The molecule has 0 atom stereocenters. The van der Waals surface area contributed by atoms with E-state index in [4.69, 9.17) is 10.5 Å². The second-order valence-corrected chi connectivity index (χ2v) is 7.73. The molecule has 5 rings (SSSR count). The van der Waals surface area contributed by atoms with Crippen molar-refractivity contribution in [3.63, 3.8) is 0 Å². The quantitative estimate of drug-likeness (QED) is 0.387.